The number of carbonyl (C=O) groups excluding carboxylic acids is 1. The van der Waals surface area contributed by atoms with E-state index in [0.29, 0.717) is 35.8 Å². The molecule has 1 aromatic heterocycles. The van der Waals surface area contributed by atoms with Crippen molar-refractivity contribution in [3.05, 3.63) is 64.1 Å². The summed E-state index contributed by atoms with van der Waals surface area (Å²) in [7, 11) is -3.26. The first-order chi connectivity index (χ1) is 18.4. The highest BCUT2D eigenvalue weighted by Gasteiger charge is 2.40. The van der Waals surface area contributed by atoms with Crippen LogP contribution >= 0.6 is 0 Å². The van der Waals surface area contributed by atoms with Gasteiger partial charge in [-0.25, -0.2) is 8.42 Å². The van der Waals surface area contributed by atoms with Crippen LogP contribution in [0.2, 0.25) is 0 Å². The van der Waals surface area contributed by atoms with Gasteiger partial charge in [-0.05, 0) is 82.8 Å². The Balaban J connectivity index is 1.40. The maximum absolute atomic E-state index is 13.3. The van der Waals surface area contributed by atoms with E-state index in [0.717, 1.165) is 60.3 Å². The van der Waals surface area contributed by atoms with Crippen molar-refractivity contribution in [2.24, 2.45) is 11.1 Å². The maximum Gasteiger partial charge on any atom is 0.260 e. The van der Waals surface area contributed by atoms with Gasteiger partial charge < -0.3 is 14.9 Å². The van der Waals surface area contributed by atoms with E-state index in [4.69, 9.17) is 4.84 Å². The number of nitrogens with zero attached hydrogens (tertiary/aromatic N) is 4. The molecule has 10 heteroatoms. The van der Waals surface area contributed by atoms with Crippen LogP contribution in [-0.2, 0) is 14.7 Å². The van der Waals surface area contributed by atoms with Gasteiger partial charge in [-0.2, -0.15) is 4.73 Å². The number of hydrogen-bond donors (Lipinski definition) is 0. The number of hydrogen-bond acceptors (Lipinski definition) is 7. The molecule has 0 N–H and O–H groups in total. The minimum absolute atomic E-state index is 0.00463. The molecule has 0 spiro atoms. The molecule has 0 unspecified atom stereocenters. The van der Waals surface area contributed by atoms with Gasteiger partial charge in [0.2, 0.25) is 5.69 Å². The van der Waals surface area contributed by atoms with Crippen molar-refractivity contribution in [1.29, 1.82) is 0 Å². The normalized spacial score (nSPS) is 19.2. The number of pyridine rings is 1. The van der Waals surface area contributed by atoms with E-state index in [1.54, 1.807) is 25.1 Å². The van der Waals surface area contributed by atoms with Crippen LogP contribution in [-0.4, -0.2) is 74.4 Å². The van der Waals surface area contributed by atoms with Crippen molar-refractivity contribution in [1.82, 2.24) is 9.80 Å². The van der Waals surface area contributed by atoms with Crippen LogP contribution in [0, 0.1) is 25.0 Å². The van der Waals surface area contributed by atoms with E-state index in [2.05, 4.69) is 17.0 Å². The second-order valence-electron chi connectivity index (χ2n) is 11.0. The Bertz CT molecular complexity index is 1320. The lowest BCUT2D eigenvalue weighted by atomic mass is 9.82. The number of amides is 1. The van der Waals surface area contributed by atoms with Gasteiger partial charge in [0.15, 0.2) is 16.0 Å². The van der Waals surface area contributed by atoms with Crippen molar-refractivity contribution >= 4 is 21.5 Å². The average Bonchev–Trinajstić information content (AvgIpc) is 2.91. The van der Waals surface area contributed by atoms with E-state index in [1.165, 1.54) is 12.5 Å². The van der Waals surface area contributed by atoms with Gasteiger partial charge in [-0.15, -0.1) is 0 Å². The molecule has 2 aliphatic rings. The Morgan fingerprint density at radius 2 is 1.72 bits per heavy atom. The fourth-order valence-electron chi connectivity index (χ4n) is 5.82. The number of benzene rings is 1. The molecule has 0 aliphatic carbocycles. The predicted octanol–water partition coefficient (Wildman–Crippen LogP) is 3.49. The number of oxime groups is 1. The number of sulfone groups is 1. The molecule has 2 saturated heterocycles. The highest BCUT2D eigenvalue weighted by Crippen LogP contribution is 2.34. The summed E-state index contributed by atoms with van der Waals surface area (Å²) in [5.74, 6) is 0.152. The topological polar surface area (TPSA) is 106 Å². The molecule has 0 bridgehead atoms. The van der Waals surface area contributed by atoms with Gasteiger partial charge in [0.05, 0.1) is 10.6 Å². The van der Waals surface area contributed by atoms with Crippen LogP contribution in [0.5, 0.6) is 0 Å². The van der Waals surface area contributed by atoms with Crippen LogP contribution in [0.4, 0.5) is 0 Å². The van der Waals surface area contributed by atoms with Crippen LogP contribution in [0.3, 0.4) is 0 Å². The smallest absolute Gasteiger partial charge is 0.260 e. The van der Waals surface area contributed by atoms with E-state index >= 15 is 0 Å². The summed E-state index contributed by atoms with van der Waals surface area (Å²) in [4.78, 5) is 23.5. The Morgan fingerprint density at radius 1 is 1.10 bits per heavy atom. The zero-order valence-corrected chi connectivity index (χ0v) is 24.5. The molecule has 212 valence electrons. The first-order valence-corrected chi connectivity index (χ1v) is 15.6. The number of aromatic nitrogens is 1. The molecule has 1 amide bonds. The molecule has 9 nitrogen and oxygen atoms in total. The van der Waals surface area contributed by atoms with Gasteiger partial charge in [0, 0.05) is 43.8 Å². The lowest BCUT2D eigenvalue weighted by Crippen LogP contribution is -2.57. The monoisotopic (exact) mass is 556 g/mol. The second-order valence-corrected chi connectivity index (χ2v) is 13.0. The summed E-state index contributed by atoms with van der Waals surface area (Å²) in [6.45, 7) is 11.4. The van der Waals surface area contributed by atoms with Crippen LogP contribution in [0.25, 0.3) is 0 Å². The Labute approximate surface area is 231 Å². The number of piperidine rings is 2. The van der Waals surface area contributed by atoms with Crippen molar-refractivity contribution < 1.29 is 22.8 Å². The molecular formula is C29H40N4O5S. The summed E-state index contributed by atoms with van der Waals surface area (Å²) in [6, 6.07) is 8.60. The van der Waals surface area contributed by atoms with E-state index in [9.17, 15) is 18.4 Å². The zero-order valence-electron chi connectivity index (χ0n) is 23.6. The van der Waals surface area contributed by atoms with Crippen molar-refractivity contribution in [3.63, 3.8) is 0 Å². The van der Waals surface area contributed by atoms with E-state index in [1.807, 2.05) is 30.9 Å². The van der Waals surface area contributed by atoms with Crippen LogP contribution in [0.1, 0.15) is 66.7 Å². The molecule has 2 fully saturated rings. The van der Waals surface area contributed by atoms with Gasteiger partial charge in [-0.3, -0.25) is 9.69 Å². The minimum Gasteiger partial charge on any atom is -0.618 e. The molecule has 1 aromatic carbocycles. The minimum atomic E-state index is -3.26. The Kier molecular flexibility index (Phi) is 8.66. The molecule has 39 heavy (non-hydrogen) atoms. The number of rotatable bonds is 7. The van der Waals surface area contributed by atoms with Gasteiger partial charge in [-0.1, -0.05) is 17.3 Å². The lowest BCUT2D eigenvalue weighted by Gasteiger charge is -2.49. The molecule has 0 radical (unpaired) electrons. The largest absolute Gasteiger partial charge is 0.618 e. The molecule has 3 heterocycles. The van der Waals surface area contributed by atoms with Gasteiger partial charge >= 0.3 is 0 Å². The maximum atomic E-state index is 13.3. The molecule has 0 saturated carbocycles. The predicted molar refractivity (Wildman–Crippen MR) is 150 cm³/mol. The fraction of sp³-hybridized carbons (Fsp3) is 0.552. The Morgan fingerprint density at radius 3 is 2.28 bits per heavy atom. The average molecular weight is 557 g/mol. The molecule has 2 aromatic rings. The number of carbonyl (C=O) groups is 1. The quantitative estimate of drug-likeness (QED) is 0.224. The number of aryl methyl sites for hydroxylation is 1. The molecule has 4 rings (SSSR count). The van der Waals surface area contributed by atoms with Crippen molar-refractivity contribution in [3.8, 4) is 0 Å². The fourth-order valence-corrected chi connectivity index (χ4v) is 6.45. The summed E-state index contributed by atoms with van der Waals surface area (Å²) in [5.41, 5.74) is 3.54. The van der Waals surface area contributed by atoms with E-state index < -0.39 is 9.84 Å². The van der Waals surface area contributed by atoms with Gasteiger partial charge in [0.25, 0.3) is 5.91 Å². The van der Waals surface area contributed by atoms with Gasteiger partial charge in [0.1, 0.15) is 12.2 Å². The van der Waals surface area contributed by atoms with Crippen LogP contribution < -0.4 is 4.73 Å². The standard InChI is InChI=1S/C29H40N4O5S/c1-6-38-30-27(23-7-9-25(10-8-23)39(5,36)37)24-12-16-32(17-13-24)29(4)14-19-31(20-15-29)28(34)26-21(2)11-18-33(35)22(26)3/h7-11,18,24H,6,12-17,19-20H2,1-5H3/b30-27+. The van der Waals surface area contributed by atoms with Crippen LogP contribution in [0.15, 0.2) is 46.6 Å². The third-order valence-electron chi connectivity index (χ3n) is 8.40. The second kappa shape index (κ2) is 11.6. The molecule has 0 atom stereocenters. The summed E-state index contributed by atoms with van der Waals surface area (Å²) in [6.07, 6.45) is 6.25. The first kappa shape index (κ1) is 29.0. The lowest BCUT2D eigenvalue weighted by molar-refractivity contribution is -0.612. The summed E-state index contributed by atoms with van der Waals surface area (Å²) >= 11 is 0. The third kappa shape index (κ3) is 6.27. The van der Waals surface area contributed by atoms with E-state index in [-0.39, 0.29) is 17.4 Å². The zero-order chi connectivity index (χ0) is 28.4. The Hall–Kier alpha value is -2.98. The summed E-state index contributed by atoms with van der Waals surface area (Å²) in [5, 5.41) is 16.5. The van der Waals surface area contributed by atoms with Crippen molar-refractivity contribution in [2.45, 2.75) is 63.8 Å². The molecular weight excluding hydrogens is 516 g/mol. The molecule has 2 aliphatic heterocycles. The highest BCUT2D eigenvalue weighted by atomic mass is 32.2. The first-order valence-electron chi connectivity index (χ1n) is 13.7. The summed E-state index contributed by atoms with van der Waals surface area (Å²) < 4.78 is 24.5. The third-order valence-corrected chi connectivity index (χ3v) is 9.53. The SMILES string of the molecule is CCO/N=C(\c1ccc(S(C)(=O)=O)cc1)C1CCN(C2(C)CCN(C(=O)c3c(C)cc[n+]([O-])c3C)CC2)CC1. The highest BCUT2D eigenvalue weighted by molar-refractivity contribution is 7.90. The number of likely N-dealkylation sites (tertiary alicyclic amines) is 2. The van der Waals surface area contributed by atoms with Crippen molar-refractivity contribution in [2.75, 3.05) is 39.0 Å².